The Hall–Kier alpha value is -3.13. The molecule has 1 N–H and O–H groups in total. The van der Waals surface area contributed by atoms with E-state index in [4.69, 9.17) is 0 Å². The van der Waals surface area contributed by atoms with Crippen LogP contribution in [0.3, 0.4) is 0 Å². The summed E-state index contributed by atoms with van der Waals surface area (Å²) >= 11 is 1.33. The maximum atomic E-state index is 13.2. The maximum absolute atomic E-state index is 13.2. The Morgan fingerprint density at radius 1 is 1.03 bits per heavy atom. The Morgan fingerprint density at radius 3 is 2.57 bits per heavy atom. The van der Waals surface area contributed by atoms with Crippen LogP contribution in [0.2, 0.25) is 0 Å². The summed E-state index contributed by atoms with van der Waals surface area (Å²) in [5.74, 6) is 0.698. The topological polar surface area (TPSA) is 81.3 Å². The molecule has 1 saturated carbocycles. The van der Waals surface area contributed by atoms with Gasteiger partial charge in [0.1, 0.15) is 0 Å². The fraction of sp³-hybridized carbons (Fsp3) is 0.273. The number of thioether (sulfide) groups is 1. The highest BCUT2D eigenvalue weighted by Gasteiger charge is 2.20. The number of carbonyl (C=O) groups excluding carboxylic acids is 1. The minimum atomic E-state index is -0.146. The minimum absolute atomic E-state index is 0.00402. The molecule has 5 rings (SSSR count). The van der Waals surface area contributed by atoms with Gasteiger partial charge in [0.2, 0.25) is 11.7 Å². The third kappa shape index (κ3) is 3.37. The van der Waals surface area contributed by atoms with Crippen molar-refractivity contribution < 1.29 is 4.79 Å². The summed E-state index contributed by atoms with van der Waals surface area (Å²) in [5, 5.41) is 12.9. The number of aromatic nitrogens is 4. The van der Waals surface area contributed by atoms with Crippen LogP contribution in [-0.2, 0) is 4.79 Å². The van der Waals surface area contributed by atoms with Gasteiger partial charge in [-0.1, -0.05) is 54.9 Å². The van der Waals surface area contributed by atoms with Gasteiger partial charge in [-0.15, -0.1) is 10.2 Å². The molecule has 2 aromatic carbocycles. The first-order valence-corrected chi connectivity index (χ1v) is 11.1. The quantitative estimate of drug-likeness (QED) is 0.503. The van der Waals surface area contributed by atoms with Crippen molar-refractivity contribution in [2.24, 2.45) is 0 Å². The van der Waals surface area contributed by atoms with Crippen molar-refractivity contribution in [3.8, 4) is 5.69 Å². The van der Waals surface area contributed by atoms with E-state index in [2.05, 4.69) is 15.5 Å². The van der Waals surface area contributed by atoms with Gasteiger partial charge < -0.3 is 5.32 Å². The number of rotatable bonds is 5. The second-order valence-electron chi connectivity index (χ2n) is 7.45. The van der Waals surface area contributed by atoms with Crippen molar-refractivity contribution in [2.45, 2.75) is 36.9 Å². The van der Waals surface area contributed by atoms with Crippen LogP contribution in [0.4, 0.5) is 0 Å². The summed E-state index contributed by atoms with van der Waals surface area (Å²) in [6, 6.07) is 17.1. The first-order chi connectivity index (χ1) is 14.7. The molecule has 0 saturated heterocycles. The molecule has 0 atom stereocenters. The molecule has 2 heterocycles. The molecule has 0 radical (unpaired) electrons. The molecule has 1 aliphatic rings. The number of amides is 1. The maximum Gasteiger partial charge on any atom is 0.267 e. The average Bonchev–Trinajstić information content (AvgIpc) is 3.43. The Kier molecular flexibility index (Phi) is 5.00. The third-order valence-corrected chi connectivity index (χ3v) is 6.39. The lowest BCUT2D eigenvalue weighted by Crippen LogP contribution is -2.33. The number of hydrogen-bond acceptors (Lipinski definition) is 5. The van der Waals surface area contributed by atoms with E-state index in [0.29, 0.717) is 16.3 Å². The molecule has 30 heavy (non-hydrogen) atoms. The highest BCUT2D eigenvalue weighted by molar-refractivity contribution is 7.99. The number of fused-ring (bicyclic) bond motifs is 3. The molecule has 2 aromatic heterocycles. The van der Waals surface area contributed by atoms with Crippen LogP contribution in [-0.4, -0.2) is 36.9 Å². The average molecular weight is 420 g/mol. The van der Waals surface area contributed by atoms with E-state index in [1.165, 1.54) is 24.6 Å². The first kappa shape index (κ1) is 18.9. The molecule has 0 unspecified atom stereocenters. The van der Waals surface area contributed by atoms with Crippen LogP contribution >= 0.6 is 11.8 Å². The van der Waals surface area contributed by atoms with Gasteiger partial charge in [-0.3, -0.25) is 14.0 Å². The first-order valence-electron chi connectivity index (χ1n) is 10.1. The van der Waals surface area contributed by atoms with Crippen molar-refractivity contribution in [1.29, 1.82) is 0 Å². The monoisotopic (exact) mass is 419 g/mol. The number of carbonyl (C=O) groups is 1. The lowest BCUT2D eigenvalue weighted by atomic mass is 10.2. The van der Waals surface area contributed by atoms with Gasteiger partial charge in [-0.05, 0) is 37.1 Å². The number of nitrogens with zero attached hydrogens (tertiary/aromatic N) is 4. The van der Waals surface area contributed by atoms with Crippen molar-refractivity contribution in [2.75, 3.05) is 5.75 Å². The van der Waals surface area contributed by atoms with Gasteiger partial charge in [0.25, 0.3) is 5.56 Å². The SMILES string of the molecule is O=C(CSc1nnc2n(-c3ccccc3)c(=O)c3ccccc3n12)NC1CCCC1. The van der Waals surface area contributed by atoms with Gasteiger partial charge in [-0.25, -0.2) is 4.57 Å². The molecule has 152 valence electrons. The zero-order valence-corrected chi connectivity index (χ0v) is 17.1. The normalized spacial score (nSPS) is 14.5. The van der Waals surface area contributed by atoms with Gasteiger partial charge in [-0.2, -0.15) is 0 Å². The van der Waals surface area contributed by atoms with Gasteiger partial charge >= 0.3 is 0 Å². The smallest absolute Gasteiger partial charge is 0.267 e. The predicted octanol–water partition coefficient (Wildman–Crippen LogP) is 3.18. The minimum Gasteiger partial charge on any atom is -0.353 e. The molecule has 8 heteroatoms. The van der Waals surface area contributed by atoms with Crippen LogP contribution in [0.5, 0.6) is 0 Å². The van der Waals surface area contributed by atoms with E-state index >= 15 is 0 Å². The van der Waals surface area contributed by atoms with Crippen molar-refractivity contribution in [1.82, 2.24) is 24.5 Å². The van der Waals surface area contributed by atoms with Crippen molar-refractivity contribution in [3.63, 3.8) is 0 Å². The van der Waals surface area contributed by atoms with Gasteiger partial charge in [0, 0.05) is 6.04 Å². The van der Waals surface area contributed by atoms with Gasteiger partial charge in [0.15, 0.2) is 5.16 Å². The molecule has 1 amide bonds. The Morgan fingerprint density at radius 2 is 1.77 bits per heavy atom. The summed E-state index contributed by atoms with van der Waals surface area (Å²) < 4.78 is 3.43. The molecule has 1 fully saturated rings. The second kappa shape index (κ2) is 7.95. The van der Waals surface area contributed by atoms with Gasteiger partial charge in [0.05, 0.1) is 22.3 Å². The standard InChI is InChI=1S/C22H21N5O2S/c28-19(23-15-8-4-5-9-15)14-30-22-25-24-21-26(16-10-2-1-3-11-16)20(29)17-12-6-7-13-18(17)27(21)22/h1-3,6-7,10-13,15H,4-5,8-9,14H2,(H,23,28). The Bertz CT molecular complexity index is 1280. The summed E-state index contributed by atoms with van der Waals surface area (Å²) in [4.78, 5) is 25.6. The van der Waals surface area contributed by atoms with Crippen LogP contribution in [0, 0.1) is 0 Å². The number of para-hydroxylation sites is 2. The molecule has 7 nitrogen and oxygen atoms in total. The number of benzene rings is 2. The van der Waals surface area contributed by atoms with E-state index in [1.54, 1.807) is 10.6 Å². The highest BCUT2D eigenvalue weighted by Crippen LogP contribution is 2.23. The summed E-state index contributed by atoms with van der Waals surface area (Å²) in [7, 11) is 0. The predicted molar refractivity (Wildman–Crippen MR) is 117 cm³/mol. The zero-order valence-electron chi connectivity index (χ0n) is 16.3. The fourth-order valence-corrected chi connectivity index (χ4v) is 4.80. The van der Waals surface area contributed by atoms with E-state index in [9.17, 15) is 9.59 Å². The van der Waals surface area contributed by atoms with E-state index in [-0.39, 0.29) is 23.3 Å². The molecule has 0 spiro atoms. The summed E-state index contributed by atoms with van der Waals surface area (Å²) in [5.41, 5.74) is 1.31. The molecule has 1 aliphatic carbocycles. The van der Waals surface area contributed by atoms with Crippen molar-refractivity contribution in [3.05, 3.63) is 65.0 Å². The highest BCUT2D eigenvalue weighted by atomic mass is 32.2. The largest absolute Gasteiger partial charge is 0.353 e. The van der Waals surface area contributed by atoms with Crippen LogP contribution in [0.25, 0.3) is 22.4 Å². The van der Waals surface area contributed by atoms with Crippen molar-refractivity contribution >= 4 is 34.3 Å². The van der Waals surface area contributed by atoms with Crippen LogP contribution < -0.4 is 10.9 Å². The zero-order chi connectivity index (χ0) is 20.5. The molecular formula is C22H21N5O2S. The molecule has 4 aromatic rings. The fourth-order valence-electron chi connectivity index (χ4n) is 4.05. The number of hydrogen-bond donors (Lipinski definition) is 1. The third-order valence-electron chi connectivity index (χ3n) is 5.46. The summed E-state index contributed by atoms with van der Waals surface area (Å²) in [6.45, 7) is 0. The lowest BCUT2D eigenvalue weighted by Gasteiger charge is -2.12. The Labute approximate surface area is 177 Å². The van der Waals surface area contributed by atoms with E-state index < -0.39 is 0 Å². The Balaban J connectivity index is 1.56. The van der Waals surface area contributed by atoms with Crippen LogP contribution in [0.1, 0.15) is 25.7 Å². The molecule has 0 aliphatic heterocycles. The molecule has 0 bridgehead atoms. The second-order valence-corrected chi connectivity index (χ2v) is 8.39. The summed E-state index contributed by atoms with van der Waals surface area (Å²) in [6.07, 6.45) is 4.46. The van der Waals surface area contributed by atoms with E-state index in [0.717, 1.165) is 24.0 Å². The molecular weight excluding hydrogens is 398 g/mol. The number of nitrogens with one attached hydrogen (secondary N) is 1. The van der Waals surface area contributed by atoms with E-state index in [1.807, 2.05) is 52.9 Å². The lowest BCUT2D eigenvalue weighted by molar-refractivity contribution is -0.119. The van der Waals surface area contributed by atoms with Crippen LogP contribution in [0.15, 0.2) is 64.5 Å².